The first-order valence-electron chi connectivity index (χ1n) is 4.90. The Morgan fingerprint density at radius 2 is 2.50 bits per heavy atom. The van der Waals surface area contributed by atoms with E-state index >= 15 is 0 Å². The molecule has 2 rings (SSSR count). The number of carboxylic acid groups (broad SMARTS) is 1. The third kappa shape index (κ3) is 2.44. The summed E-state index contributed by atoms with van der Waals surface area (Å²) in [5, 5.41) is 12.0. The Kier molecular flexibility index (Phi) is 3.28. The summed E-state index contributed by atoms with van der Waals surface area (Å²) in [7, 11) is 0. The molecular formula is C10H11FN2O2S. The number of aromatic nitrogens is 1. The molecule has 1 fully saturated rings. The largest absolute Gasteiger partial charge is 0.478 e. The van der Waals surface area contributed by atoms with Gasteiger partial charge in [-0.05, 0) is 18.2 Å². The Bertz CT molecular complexity index is 408. The number of halogens is 1. The maximum Gasteiger partial charge on any atom is 0.339 e. The standard InChI is InChI=1S/C10H11FN2O2S/c11-6-3-8(10(14)15)9(12-4-6)13-7-1-2-16-5-7/h3-4,7H,1-2,5H2,(H,12,13)(H,14,15). The van der Waals surface area contributed by atoms with Crippen LogP contribution in [0.3, 0.4) is 0 Å². The highest BCUT2D eigenvalue weighted by Crippen LogP contribution is 2.22. The highest BCUT2D eigenvalue weighted by molar-refractivity contribution is 7.99. The lowest BCUT2D eigenvalue weighted by molar-refractivity contribution is 0.0697. The molecule has 0 bridgehead atoms. The van der Waals surface area contributed by atoms with Crippen LogP contribution < -0.4 is 5.32 Å². The normalized spacial score (nSPS) is 19.7. The van der Waals surface area contributed by atoms with Crippen molar-refractivity contribution in [1.82, 2.24) is 4.98 Å². The van der Waals surface area contributed by atoms with Crippen LogP contribution in [0.4, 0.5) is 10.2 Å². The average molecular weight is 242 g/mol. The van der Waals surface area contributed by atoms with Crippen LogP contribution in [0.1, 0.15) is 16.8 Å². The van der Waals surface area contributed by atoms with Gasteiger partial charge < -0.3 is 10.4 Å². The van der Waals surface area contributed by atoms with Gasteiger partial charge in [-0.3, -0.25) is 0 Å². The molecule has 1 aromatic heterocycles. The quantitative estimate of drug-likeness (QED) is 0.846. The molecule has 4 nitrogen and oxygen atoms in total. The molecule has 6 heteroatoms. The molecule has 1 unspecified atom stereocenters. The van der Waals surface area contributed by atoms with E-state index in [1.165, 1.54) is 0 Å². The number of carbonyl (C=O) groups is 1. The molecule has 86 valence electrons. The molecule has 1 saturated heterocycles. The molecule has 2 N–H and O–H groups in total. The summed E-state index contributed by atoms with van der Waals surface area (Å²) < 4.78 is 12.9. The molecule has 0 aliphatic carbocycles. The summed E-state index contributed by atoms with van der Waals surface area (Å²) in [6.45, 7) is 0. The fourth-order valence-corrected chi connectivity index (χ4v) is 2.71. The number of hydrogen-bond acceptors (Lipinski definition) is 4. The van der Waals surface area contributed by atoms with E-state index in [1.54, 1.807) is 0 Å². The van der Waals surface area contributed by atoms with Crippen molar-refractivity contribution in [3.05, 3.63) is 23.6 Å². The second kappa shape index (κ2) is 4.69. The van der Waals surface area contributed by atoms with Gasteiger partial charge >= 0.3 is 5.97 Å². The van der Waals surface area contributed by atoms with Crippen LogP contribution in [0.25, 0.3) is 0 Å². The second-order valence-corrected chi connectivity index (χ2v) is 4.71. The lowest BCUT2D eigenvalue weighted by Gasteiger charge is -2.13. The van der Waals surface area contributed by atoms with Crippen molar-refractivity contribution in [2.24, 2.45) is 0 Å². The maximum atomic E-state index is 12.9. The van der Waals surface area contributed by atoms with Crippen molar-refractivity contribution in [2.45, 2.75) is 12.5 Å². The molecule has 0 aromatic carbocycles. The van der Waals surface area contributed by atoms with Gasteiger partial charge in [0.05, 0.1) is 6.20 Å². The van der Waals surface area contributed by atoms with Gasteiger partial charge in [-0.2, -0.15) is 11.8 Å². The fraction of sp³-hybridized carbons (Fsp3) is 0.400. The highest BCUT2D eigenvalue weighted by Gasteiger charge is 2.19. The molecular weight excluding hydrogens is 231 g/mol. The number of aromatic carboxylic acids is 1. The first-order valence-corrected chi connectivity index (χ1v) is 6.05. The number of nitrogens with zero attached hydrogens (tertiary/aromatic N) is 1. The Morgan fingerprint density at radius 3 is 3.12 bits per heavy atom. The van der Waals surface area contributed by atoms with Gasteiger partial charge in [-0.25, -0.2) is 14.2 Å². The number of anilines is 1. The number of rotatable bonds is 3. The van der Waals surface area contributed by atoms with Crippen molar-refractivity contribution in [3.63, 3.8) is 0 Å². The third-order valence-corrected chi connectivity index (χ3v) is 3.52. The number of hydrogen-bond donors (Lipinski definition) is 2. The highest BCUT2D eigenvalue weighted by atomic mass is 32.2. The van der Waals surface area contributed by atoms with E-state index in [2.05, 4.69) is 10.3 Å². The number of carboxylic acids is 1. The number of pyridine rings is 1. The smallest absolute Gasteiger partial charge is 0.339 e. The van der Waals surface area contributed by atoms with Gasteiger partial charge in [0.15, 0.2) is 0 Å². The fourth-order valence-electron chi connectivity index (χ4n) is 1.56. The van der Waals surface area contributed by atoms with E-state index in [4.69, 9.17) is 5.11 Å². The van der Waals surface area contributed by atoms with E-state index in [1.807, 2.05) is 11.8 Å². The van der Waals surface area contributed by atoms with Gasteiger partial charge in [0.25, 0.3) is 0 Å². The van der Waals surface area contributed by atoms with Crippen LogP contribution >= 0.6 is 11.8 Å². The molecule has 16 heavy (non-hydrogen) atoms. The molecule has 1 aliphatic heterocycles. The Labute approximate surface area is 96.3 Å². The summed E-state index contributed by atoms with van der Waals surface area (Å²) in [5.41, 5.74) is -0.114. The van der Waals surface area contributed by atoms with E-state index < -0.39 is 11.8 Å². The lowest BCUT2D eigenvalue weighted by Crippen LogP contribution is -2.21. The van der Waals surface area contributed by atoms with Crippen LogP contribution in [0.2, 0.25) is 0 Å². The van der Waals surface area contributed by atoms with Crippen molar-refractivity contribution in [2.75, 3.05) is 16.8 Å². The van der Waals surface area contributed by atoms with E-state index in [0.717, 1.165) is 30.2 Å². The molecule has 1 atom stereocenters. The number of nitrogens with one attached hydrogen (secondary N) is 1. The summed E-state index contributed by atoms with van der Waals surface area (Å²) in [4.78, 5) is 14.7. The van der Waals surface area contributed by atoms with Crippen LogP contribution in [-0.2, 0) is 0 Å². The summed E-state index contributed by atoms with van der Waals surface area (Å²) >= 11 is 1.81. The van der Waals surface area contributed by atoms with Crippen LogP contribution in [0.15, 0.2) is 12.3 Å². The van der Waals surface area contributed by atoms with Crippen molar-refractivity contribution < 1.29 is 14.3 Å². The van der Waals surface area contributed by atoms with Crippen molar-refractivity contribution >= 4 is 23.5 Å². The molecule has 0 spiro atoms. The van der Waals surface area contributed by atoms with Gasteiger partial charge in [-0.1, -0.05) is 0 Å². The van der Waals surface area contributed by atoms with Gasteiger partial charge in [0.2, 0.25) is 0 Å². The van der Waals surface area contributed by atoms with Crippen LogP contribution in [-0.4, -0.2) is 33.6 Å². The lowest BCUT2D eigenvalue weighted by atomic mass is 10.2. The van der Waals surface area contributed by atoms with Crippen LogP contribution in [0.5, 0.6) is 0 Å². The minimum absolute atomic E-state index is 0.114. The van der Waals surface area contributed by atoms with Gasteiger partial charge in [0.1, 0.15) is 17.2 Å². The SMILES string of the molecule is O=C(O)c1cc(F)cnc1NC1CCSC1. The zero-order valence-electron chi connectivity index (χ0n) is 8.44. The van der Waals surface area contributed by atoms with Crippen molar-refractivity contribution in [3.8, 4) is 0 Å². The molecule has 2 heterocycles. The monoisotopic (exact) mass is 242 g/mol. The molecule has 0 radical (unpaired) electrons. The molecule has 1 aliphatic rings. The number of thioether (sulfide) groups is 1. The second-order valence-electron chi connectivity index (χ2n) is 3.56. The van der Waals surface area contributed by atoms with E-state index in [0.29, 0.717) is 0 Å². The minimum atomic E-state index is -1.17. The topological polar surface area (TPSA) is 62.2 Å². The zero-order chi connectivity index (χ0) is 11.5. The average Bonchev–Trinajstić information content (AvgIpc) is 2.73. The zero-order valence-corrected chi connectivity index (χ0v) is 9.26. The first-order chi connectivity index (χ1) is 7.66. The maximum absolute atomic E-state index is 12.9. The molecule has 1 aromatic rings. The predicted octanol–water partition coefficient (Wildman–Crippen LogP) is 1.84. The van der Waals surface area contributed by atoms with E-state index in [9.17, 15) is 9.18 Å². The Hall–Kier alpha value is -1.30. The Balaban J connectivity index is 2.21. The molecule has 0 amide bonds. The molecule has 0 saturated carbocycles. The van der Waals surface area contributed by atoms with Crippen LogP contribution in [0, 0.1) is 5.82 Å². The van der Waals surface area contributed by atoms with Gasteiger partial charge in [0, 0.05) is 11.8 Å². The third-order valence-electron chi connectivity index (χ3n) is 2.36. The van der Waals surface area contributed by atoms with Crippen molar-refractivity contribution in [1.29, 1.82) is 0 Å². The first kappa shape index (κ1) is 11.2. The summed E-state index contributed by atoms with van der Waals surface area (Å²) in [5.74, 6) is 0.435. The Morgan fingerprint density at radius 1 is 1.69 bits per heavy atom. The minimum Gasteiger partial charge on any atom is -0.478 e. The summed E-state index contributed by atoms with van der Waals surface area (Å²) in [6, 6.07) is 1.21. The summed E-state index contributed by atoms with van der Waals surface area (Å²) in [6.07, 6.45) is 2.00. The van der Waals surface area contributed by atoms with Gasteiger partial charge in [-0.15, -0.1) is 0 Å². The predicted molar refractivity (Wildman–Crippen MR) is 60.5 cm³/mol. The van der Waals surface area contributed by atoms with E-state index in [-0.39, 0.29) is 17.4 Å².